The molecule has 0 aromatic carbocycles. The lowest BCUT2D eigenvalue weighted by Crippen LogP contribution is -2.29. The number of ether oxygens (including phenoxy) is 1. The predicted molar refractivity (Wildman–Crippen MR) is 64.5 cm³/mol. The van der Waals surface area contributed by atoms with E-state index in [2.05, 4.69) is 17.3 Å². The summed E-state index contributed by atoms with van der Waals surface area (Å²) in [6, 6.07) is 0.456. The Morgan fingerprint density at radius 1 is 1.50 bits per heavy atom. The summed E-state index contributed by atoms with van der Waals surface area (Å²) in [5.74, 6) is 0.965. The molecular formula is C11H20N4O. The van der Waals surface area contributed by atoms with Crippen molar-refractivity contribution in [3.8, 4) is 0 Å². The zero-order valence-electron chi connectivity index (χ0n) is 9.99. The molecule has 0 atom stereocenters. The van der Waals surface area contributed by atoms with Gasteiger partial charge in [-0.2, -0.15) is 5.10 Å². The molecule has 90 valence electrons. The van der Waals surface area contributed by atoms with Crippen molar-refractivity contribution in [2.24, 2.45) is 0 Å². The van der Waals surface area contributed by atoms with Crippen molar-refractivity contribution in [2.45, 2.75) is 39.3 Å². The van der Waals surface area contributed by atoms with Crippen LogP contribution in [0.2, 0.25) is 0 Å². The fraction of sp³-hybridized carbons (Fsp3) is 0.727. The highest BCUT2D eigenvalue weighted by Gasteiger charge is 2.18. The lowest BCUT2D eigenvalue weighted by atomic mass is 10.1. The standard InChI is InChI=1S/C11H20N4O/c1-3-15-11(10(12)8(2)14-15)13-9-4-6-16-7-5-9/h9,13H,3-7,12H2,1-2H3. The van der Waals surface area contributed by atoms with E-state index in [0.29, 0.717) is 6.04 Å². The minimum absolute atomic E-state index is 0.456. The van der Waals surface area contributed by atoms with Crippen molar-refractivity contribution in [1.29, 1.82) is 0 Å². The van der Waals surface area contributed by atoms with Crippen molar-refractivity contribution >= 4 is 11.5 Å². The molecule has 16 heavy (non-hydrogen) atoms. The highest BCUT2D eigenvalue weighted by Crippen LogP contribution is 2.24. The quantitative estimate of drug-likeness (QED) is 0.814. The number of hydrogen-bond acceptors (Lipinski definition) is 4. The van der Waals surface area contributed by atoms with E-state index in [-0.39, 0.29) is 0 Å². The van der Waals surface area contributed by atoms with Crippen LogP contribution >= 0.6 is 0 Å². The summed E-state index contributed by atoms with van der Waals surface area (Å²) in [4.78, 5) is 0. The van der Waals surface area contributed by atoms with Crippen LogP contribution in [0.5, 0.6) is 0 Å². The SMILES string of the molecule is CCn1nc(C)c(N)c1NC1CCOCC1. The van der Waals surface area contributed by atoms with Gasteiger partial charge in [-0.25, -0.2) is 4.68 Å². The van der Waals surface area contributed by atoms with Crippen LogP contribution in [-0.2, 0) is 11.3 Å². The normalized spacial score (nSPS) is 17.6. The van der Waals surface area contributed by atoms with E-state index < -0.39 is 0 Å². The minimum Gasteiger partial charge on any atom is -0.394 e. The molecule has 0 saturated carbocycles. The molecule has 2 rings (SSSR count). The van der Waals surface area contributed by atoms with Gasteiger partial charge in [0.25, 0.3) is 0 Å². The molecule has 1 saturated heterocycles. The third-order valence-corrected chi connectivity index (χ3v) is 3.04. The molecule has 1 aromatic rings. The fourth-order valence-corrected chi connectivity index (χ4v) is 2.01. The summed E-state index contributed by atoms with van der Waals surface area (Å²) in [6.45, 7) is 6.51. The average molecular weight is 224 g/mol. The summed E-state index contributed by atoms with van der Waals surface area (Å²) in [5.41, 5.74) is 7.69. The van der Waals surface area contributed by atoms with E-state index in [9.17, 15) is 0 Å². The van der Waals surface area contributed by atoms with Crippen LogP contribution in [0.4, 0.5) is 11.5 Å². The van der Waals surface area contributed by atoms with Gasteiger partial charge in [-0.15, -0.1) is 0 Å². The highest BCUT2D eigenvalue weighted by atomic mass is 16.5. The van der Waals surface area contributed by atoms with E-state index in [1.807, 2.05) is 11.6 Å². The van der Waals surface area contributed by atoms with Crippen molar-refractivity contribution in [3.63, 3.8) is 0 Å². The van der Waals surface area contributed by atoms with Crippen LogP contribution < -0.4 is 11.1 Å². The first-order chi connectivity index (χ1) is 7.72. The van der Waals surface area contributed by atoms with Crippen molar-refractivity contribution in [2.75, 3.05) is 24.3 Å². The molecule has 0 aliphatic carbocycles. The molecule has 0 unspecified atom stereocenters. The first-order valence-corrected chi connectivity index (χ1v) is 5.89. The zero-order valence-corrected chi connectivity index (χ0v) is 9.99. The van der Waals surface area contributed by atoms with Crippen LogP contribution in [0.1, 0.15) is 25.5 Å². The number of nitrogens with two attached hydrogens (primary N) is 1. The molecular weight excluding hydrogens is 204 g/mol. The van der Waals surface area contributed by atoms with E-state index in [1.54, 1.807) is 0 Å². The number of rotatable bonds is 3. The second-order valence-corrected chi connectivity index (χ2v) is 4.19. The summed E-state index contributed by atoms with van der Waals surface area (Å²) in [7, 11) is 0. The van der Waals surface area contributed by atoms with Crippen LogP contribution in [0.3, 0.4) is 0 Å². The van der Waals surface area contributed by atoms with Gasteiger partial charge < -0.3 is 15.8 Å². The van der Waals surface area contributed by atoms with Crippen molar-refractivity contribution in [1.82, 2.24) is 9.78 Å². The maximum atomic E-state index is 6.02. The van der Waals surface area contributed by atoms with Crippen molar-refractivity contribution < 1.29 is 4.74 Å². The van der Waals surface area contributed by atoms with E-state index in [4.69, 9.17) is 10.5 Å². The molecule has 1 fully saturated rings. The Morgan fingerprint density at radius 2 is 2.19 bits per heavy atom. The Bertz CT molecular complexity index is 355. The number of hydrogen-bond donors (Lipinski definition) is 2. The van der Waals surface area contributed by atoms with Gasteiger partial charge in [0.15, 0.2) is 0 Å². The third-order valence-electron chi connectivity index (χ3n) is 3.04. The molecule has 3 N–H and O–H groups in total. The van der Waals surface area contributed by atoms with E-state index in [0.717, 1.165) is 49.8 Å². The summed E-state index contributed by atoms with van der Waals surface area (Å²) >= 11 is 0. The molecule has 2 heterocycles. The molecule has 0 spiro atoms. The second-order valence-electron chi connectivity index (χ2n) is 4.19. The Labute approximate surface area is 96.0 Å². The maximum Gasteiger partial charge on any atom is 0.148 e. The van der Waals surface area contributed by atoms with Gasteiger partial charge in [-0.05, 0) is 26.7 Å². The molecule has 5 nitrogen and oxygen atoms in total. The monoisotopic (exact) mass is 224 g/mol. The molecule has 0 radical (unpaired) electrons. The van der Waals surface area contributed by atoms with Gasteiger partial charge in [0.2, 0.25) is 0 Å². The zero-order chi connectivity index (χ0) is 11.5. The lowest BCUT2D eigenvalue weighted by Gasteiger charge is -2.24. The Kier molecular flexibility index (Phi) is 3.33. The first kappa shape index (κ1) is 11.3. The second kappa shape index (κ2) is 4.74. The minimum atomic E-state index is 0.456. The number of nitrogens with zero attached hydrogens (tertiary/aromatic N) is 2. The van der Waals surface area contributed by atoms with E-state index in [1.165, 1.54) is 0 Å². The third kappa shape index (κ3) is 2.14. The first-order valence-electron chi connectivity index (χ1n) is 5.89. The average Bonchev–Trinajstić information content (AvgIpc) is 2.58. The highest BCUT2D eigenvalue weighted by molar-refractivity contribution is 5.65. The largest absolute Gasteiger partial charge is 0.394 e. The molecule has 1 aliphatic rings. The number of nitrogens with one attached hydrogen (secondary N) is 1. The Balaban J connectivity index is 2.12. The van der Waals surface area contributed by atoms with Crippen LogP contribution in [0.25, 0.3) is 0 Å². The molecule has 1 aromatic heterocycles. The number of nitrogen functional groups attached to an aromatic ring is 1. The number of aryl methyl sites for hydroxylation is 2. The van der Waals surface area contributed by atoms with Gasteiger partial charge in [0.05, 0.1) is 11.4 Å². The van der Waals surface area contributed by atoms with E-state index >= 15 is 0 Å². The molecule has 0 amide bonds. The summed E-state index contributed by atoms with van der Waals surface area (Å²) in [6.07, 6.45) is 2.07. The smallest absolute Gasteiger partial charge is 0.148 e. The number of anilines is 2. The summed E-state index contributed by atoms with van der Waals surface area (Å²) in [5, 5.41) is 7.88. The Hall–Kier alpha value is -1.23. The number of aromatic nitrogens is 2. The van der Waals surface area contributed by atoms with Gasteiger partial charge in [0.1, 0.15) is 5.82 Å². The van der Waals surface area contributed by atoms with Gasteiger partial charge in [-0.1, -0.05) is 0 Å². The topological polar surface area (TPSA) is 65.1 Å². The molecule has 0 bridgehead atoms. The predicted octanol–water partition coefficient (Wildman–Crippen LogP) is 1.38. The molecule has 1 aliphatic heterocycles. The Morgan fingerprint density at radius 3 is 2.81 bits per heavy atom. The maximum absolute atomic E-state index is 6.02. The lowest BCUT2D eigenvalue weighted by molar-refractivity contribution is 0.0903. The summed E-state index contributed by atoms with van der Waals surface area (Å²) < 4.78 is 7.27. The van der Waals surface area contributed by atoms with Crippen LogP contribution in [-0.4, -0.2) is 29.0 Å². The van der Waals surface area contributed by atoms with Gasteiger partial charge in [0, 0.05) is 25.8 Å². The fourth-order valence-electron chi connectivity index (χ4n) is 2.01. The van der Waals surface area contributed by atoms with Crippen LogP contribution in [0, 0.1) is 6.92 Å². The van der Waals surface area contributed by atoms with Gasteiger partial charge >= 0.3 is 0 Å². The van der Waals surface area contributed by atoms with Crippen molar-refractivity contribution in [3.05, 3.63) is 5.69 Å². The van der Waals surface area contributed by atoms with Crippen LogP contribution in [0.15, 0.2) is 0 Å². The molecule has 5 heteroatoms. The van der Waals surface area contributed by atoms with Gasteiger partial charge in [-0.3, -0.25) is 0 Å².